The van der Waals surface area contributed by atoms with Crippen LogP contribution in [0.25, 0.3) is 0 Å². The summed E-state index contributed by atoms with van der Waals surface area (Å²) < 4.78 is 37.1. The zero-order chi connectivity index (χ0) is 12.8. The Hall–Kier alpha value is -1.30. The van der Waals surface area contributed by atoms with Crippen molar-refractivity contribution in [3.05, 3.63) is 23.9 Å². The fourth-order valence-electron chi connectivity index (χ4n) is 2.85. The Morgan fingerprint density at radius 3 is 2.61 bits per heavy atom. The Bertz CT molecular complexity index is 429. The van der Waals surface area contributed by atoms with E-state index in [-0.39, 0.29) is 6.04 Å². The van der Waals surface area contributed by atoms with Crippen molar-refractivity contribution in [1.82, 2.24) is 10.3 Å². The summed E-state index contributed by atoms with van der Waals surface area (Å²) >= 11 is 0. The van der Waals surface area contributed by atoms with Crippen LogP contribution in [0.15, 0.2) is 18.3 Å². The zero-order valence-electron chi connectivity index (χ0n) is 9.67. The summed E-state index contributed by atoms with van der Waals surface area (Å²) in [6.07, 6.45) is -1.22. The number of anilines is 1. The molecule has 0 aromatic carbocycles. The fourth-order valence-corrected chi connectivity index (χ4v) is 2.85. The number of hydrogen-bond acceptors (Lipinski definition) is 3. The van der Waals surface area contributed by atoms with Gasteiger partial charge in [0.05, 0.1) is 5.56 Å². The van der Waals surface area contributed by atoms with Gasteiger partial charge in [0.25, 0.3) is 0 Å². The highest BCUT2D eigenvalue weighted by Gasteiger charge is 2.39. The number of fused-ring (bicyclic) bond motifs is 2. The average Bonchev–Trinajstić information content (AvgIpc) is 2.90. The lowest BCUT2D eigenvalue weighted by atomic mass is 10.1. The molecule has 1 saturated carbocycles. The van der Waals surface area contributed by atoms with E-state index in [1.54, 1.807) is 0 Å². The van der Waals surface area contributed by atoms with Gasteiger partial charge in [0.15, 0.2) is 0 Å². The van der Waals surface area contributed by atoms with Crippen LogP contribution in [-0.4, -0.2) is 23.6 Å². The van der Waals surface area contributed by atoms with Gasteiger partial charge in [0, 0.05) is 18.3 Å². The van der Waals surface area contributed by atoms with E-state index in [9.17, 15) is 13.2 Å². The van der Waals surface area contributed by atoms with Gasteiger partial charge in [-0.3, -0.25) is 0 Å². The third-order valence-corrected chi connectivity index (χ3v) is 3.75. The van der Waals surface area contributed by atoms with E-state index in [2.05, 4.69) is 15.6 Å². The normalized spacial score (nSPS) is 30.7. The quantitative estimate of drug-likeness (QED) is 0.853. The molecule has 1 aromatic rings. The molecule has 1 aliphatic heterocycles. The predicted octanol–water partition coefficient (Wildman–Crippen LogP) is 2.26. The van der Waals surface area contributed by atoms with Crippen molar-refractivity contribution in [2.45, 2.75) is 31.1 Å². The highest BCUT2D eigenvalue weighted by atomic mass is 19.4. The van der Waals surface area contributed by atoms with Crippen molar-refractivity contribution >= 4 is 5.82 Å². The Labute approximate surface area is 103 Å². The number of aromatic nitrogens is 1. The Morgan fingerprint density at radius 1 is 1.28 bits per heavy atom. The van der Waals surface area contributed by atoms with Crippen LogP contribution < -0.4 is 10.6 Å². The van der Waals surface area contributed by atoms with Gasteiger partial charge in [0.1, 0.15) is 5.82 Å². The van der Waals surface area contributed by atoms with E-state index in [0.717, 1.165) is 31.6 Å². The van der Waals surface area contributed by atoms with Crippen LogP contribution in [0.5, 0.6) is 0 Å². The number of pyridine rings is 1. The number of nitrogens with zero attached hydrogens (tertiary/aromatic N) is 1. The monoisotopic (exact) mass is 257 g/mol. The Kier molecular flexibility index (Phi) is 2.69. The summed E-state index contributed by atoms with van der Waals surface area (Å²) in [5.74, 6) is 1.21. The first-order valence-electron chi connectivity index (χ1n) is 6.05. The largest absolute Gasteiger partial charge is 0.417 e. The van der Waals surface area contributed by atoms with Gasteiger partial charge < -0.3 is 10.6 Å². The maximum absolute atomic E-state index is 12.4. The molecule has 98 valence electrons. The number of halogens is 3. The zero-order valence-corrected chi connectivity index (χ0v) is 9.67. The molecule has 2 fully saturated rings. The van der Waals surface area contributed by atoms with Gasteiger partial charge in [-0.15, -0.1) is 0 Å². The van der Waals surface area contributed by atoms with E-state index >= 15 is 0 Å². The second-order valence-corrected chi connectivity index (χ2v) is 5.03. The maximum atomic E-state index is 12.4. The van der Waals surface area contributed by atoms with Crippen molar-refractivity contribution in [3.63, 3.8) is 0 Å². The molecule has 0 spiro atoms. The van der Waals surface area contributed by atoms with Gasteiger partial charge in [-0.25, -0.2) is 4.98 Å². The molecule has 2 heterocycles. The van der Waals surface area contributed by atoms with Crippen molar-refractivity contribution in [2.75, 3.05) is 11.9 Å². The third kappa shape index (κ3) is 2.16. The van der Waals surface area contributed by atoms with Crippen molar-refractivity contribution in [3.8, 4) is 0 Å². The fraction of sp³-hybridized carbons (Fsp3) is 0.583. The lowest BCUT2D eigenvalue weighted by molar-refractivity contribution is -0.137. The molecule has 0 amide bonds. The van der Waals surface area contributed by atoms with Crippen LogP contribution in [0.4, 0.5) is 19.0 Å². The Morgan fingerprint density at radius 2 is 2.11 bits per heavy atom. The summed E-state index contributed by atoms with van der Waals surface area (Å²) in [6.45, 7) is 1.06. The van der Waals surface area contributed by atoms with Crippen molar-refractivity contribution in [2.24, 2.45) is 5.92 Å². The molecule has 2 N–H and O–H groups in total. The molecule has 3 rings (SSSR count). The first-order chi connectivity index (χ1) is 8.52. The second kappa shape index (κ2) is 4.12. The molecule has 2 bridgehead atoms. The molecule has 2 aliphatic rings. The maximum Gasteiger partial charge on any atom is 0.417 e. The third-order valence-electron chi connectivity index (χ3n) is 3.75. The summed E-state index contributed by atoms with van der Waals surface area (Å²) in [5.41, 5.74) is -0.709. The van der Waals surface area contributed by atoms with Gasteiger partial charge in [-0.1, -0.05) is 0 Å². The molecule has 1 aliphatic carbocycles. The van der Waals surface area contributed by atoms with Crippen LogP contribution in [0, 0.1) is 5.92 Å². The topological polar surface area (TPSA) is 37.0 Å². The molecule has 18 heavy (non-hydrogen) atoms. The molecule has 1 saturated heterocycles. The lowest BCUT2D eigenvalue weighted by Gasteiger charge is -2.24. The van der Waals surface area contributed by atoms with Crippen LogP contribution in [0.1, 0.15) is 18.4 Å². The lowest BCUT2D eigenvalue weighted by Crippen LogP contribution is -2.41. The predicted molar refractivity (Wildman–Crippen MR) is 61.2 cm³/mol. The van der Waals surface area contributed by atoms with E-state index in [1.807, 2.05) is 0 Å². The number of hydrogen-bond donors (Lipinski definition) is 2. The molecule has 0 radical (unpaired) electrons. The van der Waals surface area contributed by atoms with Gasteiger partial charge in [-0.05, 0) is 37.4 Å². The van der Waals surface area contributed by atoms with E-state index in [1.165, 1.54) is 6.07 Å². The summed E-state index contributed by atoms with van der Waals surface area (Å²) in [7, 11) is 0. The molecule has 6 heteroatoms. The van der Waals surface area contributed by atoms with Gasteiger partial charge >= 0.3 is 6.18 Å². The standard InChI is InChI=1S/C12H14F3N3/c13-12(14,15)8-1-2-11(17-6-8)18-10-4-7-3-9(10)16-5-7/h1-2,6-7,9-10,16H,3-5H2,(H,17,18)/t7-,9+,10-/m1/s1. The van der Waals surface area contributed by atoms with Crippen molar-refractivity contribution < 1.29 is 13.2 Å². The highest BCUT2D eigenvalue weighted by molar-refractivity contribution is 5.38. The molecule has 1 aromatic heterocycles. The number of nitrogens with one attached hydrogen (secondary N) is 2. The number of alkyl halides is 3. The first kappa shape index (κ1) is 11.8. The van der Waals surface area contributed by atoms with Crippen LogP contribution in [0.2, 0.25) is 0 Å². The number of rotatable bonds is 2. The smallest absolute Gasteiger partial charge is 0.366 e. The van der Waals surface area contributed by atoms with E-state index in [0.29, 0.717) is 17.8 Å². The van der Waals surface area contributed by atoms with E-state index in [4.69, 9.17) is 0 Å². The SMILES string of the molecule is FC(F)(F)c1ccc(N[C@@H]2C[C@@H]3CN[C@H]2C3)nc1. The number of piperidine rings is 1. The van der Waals surface area contributed by atoms with Crippen molar-refractivity contribution in [1.29, 1.82) is 0 Å². The highest BCUT2D eigenvalue weighted by Crippen LogP contribution is 2.33. The molecule has 3 atom stereocenters. The van der Waals surface area contributed by atoms with Gasteiger partial charge in [-0.2, -0.15) is 13.2 Å². The molecular weight excluding hydrogens is 243 g/mol. The first-order valence-corrected chi connectivity index (χ1v) is 6.05. The Balaban J connectivity index is 1.67. The minimum Gasteiger partial charge on any atom is -0.366 e. The molecule has 0 unspecified atom stereocenters. The molecule has 3 nitrogen and oxygen atoms in total. The molecular formula is C12H14F3N3. The minimum absolute atomic E-state index is 0.285. The summed E-state index contributed by atoms with van der Waals surface area (Å²) in [5, 5.41) is 6.60. The van der Waals surface area contributed by atoms with Gasteiger partial charge in [0.2, 0.25) is 0 Å². The van der Waals surface area contributed by atoms with Crippen LogP contribution >= 0.6 is 0 Å². The minimum atomic E-state index is -4.32. The second-order valence-electron chi connectivity index (χ2n) is 5.03. The van der Waals surface area contributed by atoms with Crippen LogP contribution in [0.3, 0.4) is 0 Å². The summed E-state index contributed by atoms with van der Waals surface area (Å²) in [4.78, 5) is 3.83. The average molecular weight is 257 g/mol. The van der Waals surface area contributed by atoms with E-state index < -0.39 is 11.7 Å². The summed E-state index contributed by atoms with van der Waals surface area (Å²) in [6, 6.07) is 3.18. The van der Waals surface area contributed by atoms with Crippen LogP contribution in [-0.2, 0) is 6.18 Å².